The van der Waals surface area contributed by atoms with Gasteiger partial charge in [-0.2, -0.15) is 6.41 Å². The summed E-state index contributed by atoms with van der Waals surface area (Å²) in [5.74, 6) is -0.201. The number of ketones is 1. The van der Waals surface area contributed by atoms with Crippen LogP contribution in [0.2, 0.25) is 0 Å². The fourth-order valence-corrected chi connectivity index (χ4v) is 1.00. The van der Waals surface area contributed by atoms with Crippen LogP contribution in [0.5, 0.6) is 0 Å². The van der Waals surface area contributed by atoms with Gasteiger partial charge in [-0.3, -0.25) is 4.79 Å². The van der Waals surface area contributed by atoms with Crippen molar-refractivity contribution < 1.29 is 30.0 Å². The van der Waals surface area contributed by atoms with Crippen LogP contribution in [0.4, 0.5) is 0 Å². The van der Waals surface area contributed by atoms with E-state index >= 15 is 0 Å². The van der Waals surface area contributed by atoms with Crippen molar-refractivity contribution in [2.45, 2.75) is 20.8 Å². The van der Waals surface area contributed by atoms with Gasteiger partial charge in [-0.1, -0.05) is 47.5 Å². The molecule has 0 heterocycles. The molecule has 19 heavy (non-hydrogen) atoms. The number of Topliss-reactive ketones (excluding diaryl/α,β-unsaturated/α-hetero) is 1. The van der Waals surface area contributed by atoms with Crippen LogP contribution < -0.4 is 11.1 Å². The van der Waals surface area contributed by atoms with Gasteiger partial charge in [0.15, 0.2) is 5.78 Å². The molecule has 0 spiro atoms. The summed E-state index contributed by atoms with van der Waals surface area (Å²) in [7, 11) is 0. The van der Waals surface area contributed by atoms with Crippen LogP contribution in [0.3, 0.4) is 0 Å². The Morgan fingerprint density at radius 2 is 1.79 bits per heavy atom. The molecule has 1 aromatic carbocycles. The van der Waals surface area contributed by atoms with Crippen LogP contribution in [0.1, 0.15) is 19.4 Å². The van der Waals surface area contributed by atoms with E-state index in [4.69, 9.17) is 5.73 Å². The van der Waals surface area contributed by atoms with Crippen LogP contribution in [0, 0.1) is 6.92 Å². The van der Waals surface area contributed by atoms with Crippen LogP contribution >= 0.6 is 15.9 Å². The number of aryl methyl sites for hydroxylation is 1. The van der Waals surface area contributed by atoms with E-state index in [0.29, 0.717) is 0 Å². The Hall–Kier alpha value is -0.538. The fraction of sp³-hybridized carbons (Fsp3) is 0.385. The molecule has 6 heteroatoms. The minimum absolute atomic E-state index is 0. The van der Waals surface area contributed by atoms with E-state index in [2.05, 4.69) is 40.3 Å². The minimum Gasteiger partial charge on any atom is -0.524 e. The summed E-state index contributed by atoms with van der Waals surface area (Å²) >= 11 is 3.35. The Kier molecular flexibility index (Phi) is 21.6. The normalized spacial score (nSPS) is 7.63. The third-order valence-corrected chi connectivity index (χ3v) is 2.12. The first-order valence-corrected chi connectivity index (χ1v) is 6.43. The molecular weight excluding hydrogens is 482 g/mol. The molecule has 1 amide bonds. The average molecular weight is 502 g/mol. The molecule has 0 aliphatic carbocycles. The van der Waals surface area contributed by atoms with Crippen molar-refractivity contribution >= 4 is 28.1 Å². The maximum atomic E-state index is 10.2. The van der Waals surface area contributed by atoms with Gasteiger partial charge >= 0.3 is 0 Å². The summed E-state index contributed by atoms with van der Waals surface area (Å²) < 4.78 is 1.14. The smallest absolute Gasteiger partial charge is 0.162 e. The number of nitrogens with one attached hydrogen (secondary N) is 1. The van der Waals surface area contributed by atoms with Crippen LogP contribution in [-0.4, -0.2) is 25.3 Å². The Bertz CT molecular complexity index is 311. The van der Waals surface area contributed by atoms with Crippen molar-refractivity contribution in [1.82, 2.24) is 5.32 Å². The van der Waals surface area contributed by atoms with Crippen molar-refractivity contribution in [3.05, 3.63) is 34.3 Å². The van der Waals surface area contributed by atoms with Gasteiger partial charge in [0.05, 0.1) is 6.54 Å². The molecular formula is C13H20BrN2O2Re-. The first-order valence-electron chi connectivity index (χ1n) is 5.64. The van der Waals surface area contributed by atoms with Gasteiger partial charge in [0.1, 0.15) is 0 Å². The molecule has 0 fully saturated rings. The zero-order valence-electron chi connectivity index (χ0n) is 11.4. The predicted molar refractivity (Wildman–Crippen MR) is 78.0 cm³/mol. The second-order valence-corrected chi connectivity index (χ2v) is 3.91. The molecule has 0 saturated carbocycles. The molecule has 109 valence electrons. The molecule has 0 atom stereocenters. The van der Waals surface area contributed by atoms with E-state index in [9.17, 15) is 9.59 Å². The van der Waals surface area contributed by atoms with Crippen LogP contribution in [0.25, 0.3) is 0 Å². The number of halogens is 1. The van der Waals surface area contributed by atoms with E-state index in [1.807, 2.05) is 26.0 Å². The quantitative estimate of drug-likeness (QED) is 0.489. The Labute approximate surface area is 137 Å². The molecule has 3 N–H and O–H groups in total. The first-order chi connectivity index (χ1) is 8.60. The molecule has 0 aliphatic heterocycles. The van der Waals surface area contributed by atoms with Crippen LogP contribution in [-0.2, 0) is 30.0 Å². The first kappa shape index (κ1) is 23.5. The Balaban J connectivity index is -0.000000228. The van der Waals surface area contributed by atoms with E-state index in [1.54, 1.807) is 0 Å². The van der Waals surface area contributed by atoms with Gasteiger partial charge in [-0.25, -0.2) is 0 Å². The summed E-state index contributed by atoms with van der Waals surface area (Å²) in [6, 6.07) is 8.22. The van der Waals surface area contributed by atoms with E-state index in [-0.39, 0.29) is 39.3 Å². The van der Waals surface area contributed by atoms with Crippen LogP contribution in [0.15, 0.2) is 28.7 Å². The monoisotopic (exact) mass is 502 g/mol. The van der Waals surface area contributed by atoms with Gasteiger partial charge in [0.2, 0.25) is 0 Å². The van der Waals surface area contributed by atoms with Crippen molar-refractivity contribution in [2.75, 3.05) is 13.1 Å². The Morgan fingerprint density at radius 1 is 1.32 bits per heavy atom. The summed E-state index contributed by atoms with van der Waals surface area (Å²) in [5, 5.41) is 2.06. The van der Waals surface area contributed by atoms with Gasteiger partial charge in [-0.15, -0.1) is 0 Å². The topological polar surface area (TPSA) is 72.2 Å². The summed E-state index contributed by atoms with van der Waals surface area (Å²) in [6.45, 7) is 6.03. The number of hydrogen-bond acceptors (Lipinski definition) is 3. The zero-order valence-corrected chi connectivity index (χ0v) is 15.7. The van der Waals surface area contributed by atoms with Crippen molar-refractivity contribution in [3.63, 3.8) is 0 Å². The third kappa shape index (κ3) is 17.5. The van der Waals surface area contributed by atoms with E-state index in [0.717, 1.165) is 4.47 Å². The second kappa shape index (κ2) is 17.5. The van der Waals surface area contributed by atoms with Gasteiger partial charge in [0.25, 0.3) is 0 Å². The molecule has 1 radical (unpaired) electrons. The van der Waals surface area contributed by atoms with E-state index in [1.165, 1.54) is 12.0 Å². The molecule has 1 rings (SSSR count). The zero-order chi connectivity index (χ0) is 14.4. The number of carbonyl (C=O) groups is 1. The fourth-order valence-electron chi connectivity index (χ4n) is 0.740. The predicted octanol–water partition coefficient (Wildman–Crippen LogP) is 1.95. The van der Waals surface area contributed by atoms with Gasteiger partial charge in [0, 0.05) is 31.4 Å². The summed E-state index contributed by atoms with van der Waals surface area (Å²) in [5.41, 5.74) is 6.19. The third-order valence-electron chi connectivity index (χ3n) is 1.60. The van der Waals surface area contributed by atoms with Crippen molar-refractivity contribution in [1.29, 1.82) is 0 Å². The molecule has 0 aliphatic rings. The number of rotatable bonds is 4. The molecule has 0 aromatic heterocycles. The second-order valence-electron chi connectivity index (χ2n) is 2.99. The largest absolute Gasteiger partial charge is 0.524 e. The minimum atomic E-state index is -0.201. The molecule has 0 saturated heterocycles. The maximum absolute atomic E-state index is 10.2. The molecule has 0 unspecified atom stereocenters. The van der Waals surface area contributed by atoms with Crippen molar-refractivity contribution in [2.24, 2.45) is 5.73 Å². The molecule has 1 aromatic rings. The molecule has 4 nitrogen and oxygen atoms in total. The summed E-state index contributed by atoms with van der Waals surface area (Å²) in [6.07, 6.45) is 1.36. The average Bonchev–Trinajstić information content (AvgIpc) is 2.42. The molecule has 0 bridgehead atoms. The van der Waals surface area contributed by atoms with Crippen molar-refractivity contribution in [3.8, 4) is 0 Å². The number of hydrogen-bond donors (Lipinski definition) is 2. The number of carbonyl (C=O) groups excluding carboxylic acids is 2. The summed E-state index contributed by atoms with van der Waals surface area (Å²) in [4.78, 5) is 19.6. The SMILES string of the molecule is CC.Cc1ccc(Br)cc1.NCC(=O)CN[C-]=O.[Re]. The maximum Gasteiger partial charge on any atom is 0.162 e. The standard InChI is InChI=1S/C7H7Br.C4H7N2O2.C2H6.Re/c1-6-2-4-7(8)5-3-6;5-1-4(8)2-6-3-7;1-2;/h2-5H,1H3;1-2,5H2,(H,6,7);1-2H3;/q;-1;;. The Morgan fingerprint density at radius 3 is 2.11 bits per heavy atom. The van der Waals surface area contributed by atoms with Gasteiger partial charge in [-0.05, 0) is 19.1 Å². The number of benzene rings is 1. The van der Waals surface area contributed by atoms with Gasteiger partial charge < -0.3 is 15.8 Å². The number of amides is 1. The number of nitrogens with two attached hydrogens (primary N) is 1. The van der Waals surface area contributed by atoms with E-state index < -0.39 is 0 Å².